The highest BCUT2D eigenvalue weighted by Crippen LogP contribution is 2.56. The Bertz CT molecular complexity index is 2350. The second kappa shape index (κ2) is 10.4. The minimum absolute atomic E-state index is 0.873. The van der Waals surface area contributed by atoms with Crippen molar-refractivity contribution in [3.8, 4) is 56.4 Å². The molecule has 0 spiro atoms. The SMILES string of the molecule is c1ccc(-c2cc(-c3ccccc3)cc(-c3cc4c5c(c3)Oc3c(ccc6ccccc36)P5c3ccc5ccccc5c3O4)c2)cc1. The van der Waals surface area contributed by atoms with Gasteiger partial charge in [0.2, 0.25) is 0 Å². The van der Waals surface area contributed by atoms with Crippen LogP contribution in [0.5, 0.6) is 23.0 Å². The highest BCUT2D eigenvalue weighted by molar-refractivity contribution is 7.80. The molecule has 0 unspecified atom stereocenters. The molecule has 0 radical (unpaired) electrons. The van der Waals surface area contributed by atoms with Crippen molar-refractivity contribution in [3.63, 3.8) is 0 Å². The van der Waals surface area contributed by atoms with E-state index in [0.29, 0.717) is 0 Å². The Morgan fingerprint density at radius 2 is 0.745 bits per heavy atom. The van der Waals surface area contributed by atoms with Gasteiger partial charge in [0.25, 0.3) is 0 Å². The van der Waals surface area contributed by atoms with Crippen LogP contribution in [0.2, 0.25) is 0 Å². The Hall–Kier alpha value is -5.69. The zero-order chi connectivity index (χ0) is 30.9. The molecule has 220 valence electrons. The number of hydrogen-bond acceptors (Lipinski definition) is 2. The first-order chi connectivity index (χ1) is 23.3. The van der Waals surface area contributed by atoms with Crippen molar-refractivity contribution in [1.29, 1.82) is 0 Å². The van der Waals surface area contributed by atoms with Crippen molar-refractivity contribution in [3.05, 3.63) is 164 Å². The first-order valence-corrected chi connectivity index (χ1v) is 17.3. The van der Waals surface area contributed by atoms with Gasteiger partial charge in [0, 0.05) is 29.3 Å². The van der Waals surface area contributed by atoms with Crippen LogP contribution in [-0.4, -0.2) is 0 Å². The lowest BCUT2D eigenvalue weighted by Gasteiger charge is -2.36. The van der Waals surface area contributed by atoms with E-state index in [1.54, 1.807) is 0 Å². The van der Waals surface area contributed by atoms with Crippen molar-refractivity contribution < 1.29 is 9.47 Å². The molecule has 10 rings (SSSR count). The zero-order valence-corrected chi connectivity index (χ0v) is 26.2. The summed E-state index contributed by atoms with van der Waals surface area (Å²) >= 11 is 0. The molecule has 2 heterocycles. The summed E-state index contributed by atoms with van der Waals surface area (Å²) in [6.07, 6.45) is 0. The first-order valence-electron chi connectivity index (χ1n) is 15.9. The molecule has 0 N–H and O–H groups in total. The molecule has 0 bridgehead atoms. The zero-order valence-electron chi connectivity index (χ0n) is 25.4. The van der Waals surface area contributed by atoms with Gasteiger partial charge in [0.1, 0.15) is 23.0 Å². The van der Waals surface area contributed by atoms with E-state index in [-0.39, 0.29) is 0 Å². The van der Waals surface area contributed by atoms with Gasteiger partial charge in [-0.05, 0) is 86.6 Å². The van der Waals surface area contributed by atoms with Crippen LogP contribution < -0.4 is 25.4 Å². The standard InChI is InChI=1S/C44H27O2P/c1-3-11-28(12-4-1)32-23-33(29-13-5-2-6-14-29)25-34(24-32)35-26-38-44-39(27-35)46-43-37-18-10-8-16-31(37)20-22-41(43)47(44)40-21-19-30-15-7-9-17-36(30)42(40)45-38/h1-27H. The fourth-order valence-corrected chi connectivity index (χ4v) is 9.72. The fourth-order valence-electron chi connectivity index (χ4n) is 7.13. The summed E-state index contributed by atoms with van der Waals surface area (Å²) in [5, 5.41) is 8.24. The molecule has 0 aliphatic carbocycles. The fraction of sp³-hybridized carbons (Fsp3) is 0. The summed E-state index contributed by atoms with van der Waals surface area (Å²) in [6.45, 7) is 0. The molecule has 0 aromatic heterocycles. The average Bonchev–Trinajstić information content (AvgIpc) is 3.15. The van der Waals surface area contributed by atoms with E-state index in [2.05, 4.69) is 164 Å². The second-order valence-corrected chi connectivity index (χ2v) is 14.2. The van der Waals surface area contributed by atoms with Crippen LogP contribution in [0.4, 0.5) is 0 Å². The minimum atomic E-state index is -0.914. The number of benzene rings is 8. The van der Waals surface area contributed by atoms with Crippen molar-refractivity contribution >= 4 is 45.4 Å². The van der Waals surface area contributed by atoms with Crippen LogP contribution in [-0.2, 0) is 0 Å². The summed E-state index contributed by atoms with van der Waals surface area (Å²) in [5.41, 5.74) is 6.89. The smallest absolute Gasteiger partial charge is 0.143 e. The number of rotatable bonds is 3. The maximum Gasteiger partial charge on any atom is 0.143 e. The Morgan fingerprint density at radius 3 is 1.23 bits per heavy atom. The normalized spacial score (nSPS) is 12.9. The third kappa shape index (κ3) is 4.23. The molecule has 47 heavy (non-hydrogen) atoms. The highest BCUT2D eigenvalue weighted by atomic mass is 31.1. The van der Waals surface area contributed by atoms with E-state index in [9.17, 15) is 0 Å². The molecule has 2 aliphatic heterocycles. The number of ether oxygens (including phenoxy) is 2. The van der Waals surface area contributed by atoms with E-state index in [1.165, 1.54) is 43.6 Å². The number of hydrogen-bond donors (Lipinski definition) is 0. The second-order valence-electron chi connectivity index (χ2n) is 12.2. The van der Waals surface area contributed by atoms with Gasteiger partial charge in [0.05, 0.1) is 5.30 Å². The molecule has 0 amide bonds. The van der Waals surface area contributed by atoms with Crippen LogP contribution in [0.15, 0.2) is 164 Å². The molecular weight excluding hydrogens is 591 g/mol. The lowest BCUT2D eigenvalue weighted by Crippen LogP contribution is -2.32. The van der Waals surface area contributed by atoms with Gasteiger partial charge in [-0.1, -0.05) is 121 Å². The summed E-state index contributed by atoms with van der Waals surface area (Å²) in [4.78, 5) is 0. The Morgan fingerprint density at radius 1 is 0.340 bits per heavy atom. The Kier molecular flexibility index (Phi) is 5.88. The molecule has 3 heteroatoms. The van der Waals surface area contributed by atoms with E-state index in [4.69, 9.17) is 9.47 Å². The number of fused-ring (bicyclic) bond motifs is 8. The minimum Gasteiger partial charge on any atom is -0.455 e. The summed E-state index contributed by atoms with van der Waals surface area (Å²) < 4.78 is 13.9. The van der Waals surface area contributed by atoms with Gasteiger partial charge in [0.15, 0.2) is 0 Å². The van der Waals surface area contributed by atoms with E-state index >= 15 is 0 Å². The van der Waals surface area contributed by atoms with Gasteiger partial charge in [-0.25, -0.2) is 0 Å². The molecule has 0 atom stereocenters. The Balaban J connectivity index is 1.24. The Labute approximate surface area is 274 Å². The van der Waals surface area contributed by atoms with E-state index in [1.807, 2.05) is 0 Å². The predicted molar refractivity (Wildman–Crippen MR) is 197 cm³/mol. The van der Waals surface area contributed by atoms with Gasteiger partial charge >= 0.3 is 0 Å². The summed E-state index contributed by atoms with van der Waals surface area (Å²) in [6, 6.07) is 58.6. The lowest BCUT2D eigenvalue weighted by molar-refractivity contribution is 0.472. The summed E-state index contributed by atoms with van der Waals surface area (Å²) in [7, 11) is -0.914. The van der Waals surface area contributed by atoms with Gasteiger partial charge in [-0.15, -0.1) is 0 Å². The molecule has 2 aliphatic rings. The lowest BCUT2D eigenvalue weighted by atomic mass is 9.93. The maximum absolute atomic E-state index is 6.97. The van der Waals surface area contributed by atoms with Gasteiger partial charge < -0.3 is 9.47 Å². The van der Waals surface area contributed by atoms with Crippen molar-refractivity contribution in [2.45, 2.75) is 0 Å². The van der Waals surface area contributed by atoms with Crippen LogP contribution in [0.3, 0.4) is 0 Å². The van der Waals surface area contributed by atoms with Gasteiger partial charge in [-0.3, -0.25) is 0 Å². The maximum atomic E-state index is 6.97. The first kappa shape index (κ1) is 26.5. The molecule has 0 fully saturated rings. The van der Waals surface area contributed by atoms with Crippen molar-refractivity contribution in [2.75, 3.05) is 0 Å². The largest absolute Gasteiger partial charge is 0.455 e. The third-order valence-electron chi connectivity index (χ3n) is 9.37. The van der Waals surface area contributed by atoms with E-state index < -0.39 is 7.92 Å². The monoisotopic (exact) mass is 618 g/mol. The summed E-state index contributed by atoms with van der Waals surface area (Å²) in [5.74, 6) is 3.65. The molecule has 0 saturated heterocycles. The molecule has 0 saturated carbocycles. The van der Waals surface area contributed by atoms with E-state index in [0.717, 1.165) is 50.2 Å². The van der Waals surface area contributed by atoms with Crippen molar-refractivity contribution in [1.82, 2.24) is 0 Å². The molecule has 2 nitrogen and oxygen atoms in total. The van der Waals surface area contributed by atoms with Crippen LogP contribution in [0, 0.1) is 0 Å². The quantitative estimate of drug-likeness (QED) is 0.183. The topological polar surface area (TPSA) is 18.5 Å². The van der Waals surface area contributed by atoms with Crippen LogP contribution in [0.25, 0.3) is 54.9 Å². The van der Waals surface area contributed by atoms with Crippen LogP contribution >= 0.6 is 7.92 Å². The van der Waals surface area contributed by atoms with Crippen LogP contribution in [0.1, 0.15) is 0 Å². The predicted octanol–water partition coefficient (Wildman–Crippen LogP) is 11.0. The molecule has 8 aromatic rings. The van der Waals surface area contributed by atoms with Crippen molar-refractivity contribution in [2.24, 2.45) is 0 Å². The average molecular weight is 619 g/mol. The molecule has 8 aromatic carbocycles. The highest BCUT2D eigenvalue weighted by Gasteiger charge is 2.38. The van der Waals surface area contributed by atoms with Gasteiger partial charge in [-0.2, -0.15) is 0 Å². The molecular formula is C44H27O2P. The third-order valence-corrected chi connectivity index (χ3v) is 11.9.